The Labute approximate surface area is 224 Å². The first-order valence-corrected chi connectivity index (χ1v) is 12.9. The molecule has 0 aliphatic heterocycles. The summed E-state index contributed by atoms with van der Waals surface area (Å²) in [7, 11) is 1.56. The van der Waals surface area contributed by atoms with Crippen molar-refractivity contribution in [3.63, 3.8) is 0 Å². The lowest BCUT2D eigenvalue weighted by molar-refractivity contribution is -0.137. The second-order valence-electron chi connectivity index (χ2n) is 10.4. The highest BCUT2D eigenvalue weighted by Crippen LogP contribution is 2.44. The Bertz CT molecular complexity index is 1070. The second kappa shape index (κ2) is 13.3. The van der Waals surface area contributed by atoms with Crippen LogP contribution in [0.5, 0.6) is 0 Å². The van der Waals surface area contributed by atoms with E-state index in [0.717, 1.165) is 22.3 Å². The van der Waals surface area contributed by atoms with Crippen LogP contribution in [0.4, 0.5) is 9.59 Å². The van der Waals surface area contributed by atoms with Crippen LogP contribution in [0.3, 0.4) is 0 Å². The van der Waals surface area contributed by atoms with Gasteiger partial charge in [-0.1, -0.05) is 48.5 Å². The van der Waals surface area contributed by atoms with Gasteiger partial charge in [0.05, 0.1) is 6.04 Å². The molecule has 0 saturated heterocycles. The Morgan fingerprint density at radius 1 is 1.03 bits per heavy atom. The van der Waals surface area contributed by atoms with E-state index >= 15 is 0 Å². The number of alkyl carbamates (subject to hydrolysis) is 1. The summed E-state index contributed by atoms with van der Waals surface area (Å²) >= 11 is 0. The number of hydrogen-bond donors (Lipinski definition) is 2. The number of nitrogens with one attached hydrogen (secondary N) is 1. The van der Waals surface area contributed by atoms with Crippen molar-refractivity contribution in [2.75, 3.05) is 33.4 Å². The molecule has 1 unspecified atom stereocenters. The lowest BCUT2D eigenvalue weighted by atomic mass is 9.98. The van der Waals surface area contributed by atoms with Gasteiger partial charge >= 0.3 is 18.2 Å². The Hall–Kier alpha value is -3.59. The van der Waals surface area contributed by atoms with E-state index in [1.807, 2.05) is 36.4 Å². The van der Waals surface area contributed by atoms with Gasteiger partial charge in [-0.3, -0.25) is 4.79 Å². The first-order valence-electron chi connectivity index (χ1n) is 12.9. The van der Waals surface area contributed by atoms with Gasteiger partial charge in [-0.05, 0) is 55.9 Å². The van der Waals surface area contributed by atoms with Crippen LogP contribution in [0.15, 0.2) is 48.5 Å². The number of ether oxygens (including phenoxy) is 3. The fourth-order valence-corrected chi connectivity index (χ4v) is 4.57. The smallest absolute Gasteiger partial charge is 0.409 e. The van der Waals surface area contributed by atoms with Crippen molar-refractivity contribution in [3.05, 3.63) is 59.7 Å². The molecule has 9 heteroatoms. The van der Waals surface area contributed by atoms with Gasteiger partial charge in [0.15, 0.2) is 0 Å². The largest absolute Gasteiger partial charge is 0.481 e. The van der Waals surface area contributed by atoms with Crippen molar-refractivity contribution >= 4 is 18.2 Å². The van der Waals surface area contributed by atoms with E-state index < -0.39 is 29.8 Å². The van der Waals surface area contributed by atoms with E-state index in [1.165, 1.54) is 4.90 Å². The zero-order chi connectivity index (χ0) is 27.7. The third kappa shape index (κ3) is 8.21. The van der Waals surface area contributed by atoms with Crippen molar-refractivity contribution in [2.45, 2.75) is 57.6 Å². The summed E-state index contributed by atoms with van der Waals surface area (Å²) in [5.74, 6) is -1.04. The van der Waals surface area contributed by atoms with Gasteiger partial charge < -0.3 is 29.5 Å². The number of fused-ring (bicyclic) bond motifs is 3. The lowest BCUT2D eigenvalue weighted by Crippen LogP contribution is -2.48. The highest BCUT2D eigenvalue weighted by Gasteiger charge is 2.30. The van der Waals surface area contributed by atoms with Crippen LogP contribution in [0.1, 0.15) is 57.1 Å². The zero-order valence-corrected chi connectivity index (χ0v) is 22.6. The van der Waals surface area contributed by atoms with Crippen LogP contribution in [-0.2, 0) is 19.0 Å². The summed E-state index contributed by atoms with van der Waals surface area (Å²) in [6, 6.07) is 15.7. The Morgan fingerprint density at radius 2 is 1.63 bits per heavy atom. The molecule has 1 atom stereocenters. The second-order valence-corrected chi connectivity index (χ2v) is 10.4. The summed E-state index contributed by atoms with van der Waals surface area (Å²) in [5.41, 5.74) is 3.78. The van der Waals surface area contributed by atoms with Crippen molar-refractivity contribution < 1.29 is 33.7 Å². The Balaban J connectivity index is 1.72. The number of carboxylic acids is 1. The fraction of sp³-hybridized carbons (Fsp3) is 0.483. The molecule has 0 saturated carbocycles. The number of carbonyl (C=O) groups is 3. The highest BCUT2D eigenvalue weighted by molar-refractivity contribution is 5.79. The van der Waals surface area contributed by atoms with Crippen LogP contribution in [0.25, 0.3) is 11.1 Å². The molecule has 0 aromatic heterocycles. The quantitative estimate of drug-likeness (QED) is 0.399. The number of benzene rings is 2. The fourth-order valence-electron chi connectivity index (χ4n) is 4.57. The van der Waals surface area contributed by atoms with E-state index in [0.29, 0.717) is 13.0 Å². The maximum absolute atomic E-state index is 13.3. The van der Waals surface area contributed by atoms with Crippen LogP contribution in [0.2, 0.25) is 0 Å². The molecular formula is C29H38N2O7. The molecule has 9 nitrogen and oxygen atoms in total. The minimum atomic E-state index is -0.944. The topological polar surface area (TPSA) is 114 Å². The molecule has 0 heterocycles. The Kier molecular flexibility index (Phi) is 10.1. The van der Waals surface area contributed by atoms with E-state index in [4.69, 9.17) is 19.3 Å². The normalized spacial score (nSPS) is 13.3. The number of hydrogen-bond acceptors (Lipinski definition) is 6. The molecular weight excluding hydrogens is 488 g/mol. The van der Waals surface area contributed by atoms with E-state index in [9.17, 15) is 14.4 Å². The zero-order valence-electron chi connectivity index (χ0n) is 22.6. The standard InChI is InChI=1S/C29H38N2O7/c1-29(2,3)38-27(34)30-20(15-17-36-4)18-31(16-9-14-26(32)33)28(35)37-19-25-23-12-7-5-10-21(23)22-11-6-8-13-24(22)25/h5-8,10-13,20,25H,9,14-19H2,1-4H3,(H,30,34)(H,32,33). The van der Waals surface area contributed by atoms with Gasteiger partial charge in [-0.15, -0.1) is 0 Å². The summed E-state index contributed by atoms with van der Waals surface area (Å²) in [5, 5.41) is 11.9. The summed E-state index contributed by atoms with van der Waals surface area (Å²) in [6.07, 6.45) is -0.567. The number of aliphatic carboxylic acids is 1. The molecule has 2 aromatic rings. The molecule has 1 aliphatic carbocycles. The summed E-state index contributed by atoms with van der Waals surface area (Å²) in [6.45, 7) is 6.10. The van der Waals surface area contributed by atoms with Crippen LogP contribution in [0, 0.1) is 0 Å². The minimum absolute atomic E-state index is 0.0879. The number of carbonyl (C=O) groups excluding carboxylic acids is 2. The lowest BCUT2D eigenvalue weighted by Gasteiger charge is -2.29. The minimum Gasteiger partial charge on any atom is -0.481 e. The van der Waals surface area contributed by atoms with Gasteiger partial charge in [0.1, 0.15) is 12.2 Å². The van der Waals surface area contributed by atoms with Gasteiger partial charge in [0.25, 0.3) is 0 Å². The Morgan fingerprint density at radius 3 is 2.18 bits per heavy atom. The van der Waals surface area contributed by atoms with Crippen molar-refractivity contribution in [1.29, 1.82) is 0 Å². The first-order chi connectivity index (χ1) is 18.1. The molecule has 2 aromatic carbocycles. The number of rotatable bonds is 12. The molecule has 206 valence electrons. The van der Waals surface area contributed by atoms with Crippen molar-refractivity contribution in [3.8, 4) is 11.1 Å². The monoisotopic (exact) mass is 526 g/mol. The number of carboxylic acid groups (broad SMARTS) is 1. The van der Waals surface area contributed by atoms with Gasteiger partial charge in [0, 0.05) is 39.1 Å². The molecule has 2 N–H and O–H groups in total. The molecule has 3 rings (SSSR count). The summed E-state index contributed by atoms with van der Waals surface area (Å²) < 4.78 is 16.4. The molecule has 2 amide bonds. The predicted molar refractivity (Wildman–Crippen MR) is 143 cm³/mol. The summed E-state index contributed by atoms with van der Waals surface area (Å²) in [4.78, 5) is 38.3. The first kappa shape index (κ1) is 29.0. The van der Waals surface area contributed by atoms with E-state index in [-0.39, 0.29) is 38.5 Å². The molecule has 0 fully saturated rings. The molecule has 0 radical (unpaired) electrons. The SMILES string of the molecule is COCCC(CN(CCCC(=O)O)C(=O)OCC1c2ccccc2-c2ccccc21)NC(=O)OC(C)(C)C. The maximum atomic E-state index is 13.3. The van der Waals surface area contributed by atoms with Crippen LogP contribution < -0.4 is 5.32 Å². The molecule has 38 heavy (non-hydrogen) atoms. The van der Waals surface area contributed by atoms with Crippen LogP contribution in [-0.4, -0.2) is 73.2 Å². The maximum Gasteiger partial charge on any atom is 0.409 e. The van der Waals surface area contributed by atoms with Gasteiger partial charge in [-0.2, -0.15) is 0 Å². The number of amides is 2. The average Bonchev–Trinajstić information content (AvgIpc) is 3.17. The highest BCUT2D eigenvalue weighted by atomic mass is 16.6. The van der Waals surface area contributed by atoms with Crippen molar-refractivity contribution in [2.24, 2.45) is 0 Å². The van der Waals surface area contributed by atoms with E-state index in [1.54, 1.807) is 27.9 Å². The predicted octanol–water partition coefficient (Wildman–Crippen LogP) is 5.03. The molecule has 0 spiro atoms. The number of nitrogens with zero attached hydrogens (tertiary/aromatic N) is 1. The van der Waals surface area contributed by atoms with Gasteiger partial charge in [-0.25, -0.2) is 9.59 Å². The average molecular weight is 527 g/mol. The number of methoxy groups -OCH3 is 1. The third-order valence-electron chi connectivity index (χ3n) is 6.24. The van der Waals surface area contributed by atoms with Crippen LogP contribution >= 0.6 is 0 Å². The van der Waals surface area contributed by atoms with E-state index in [2.05, 4.69) is 17.4 Å². The molecule has 1 aliphatic rings. The third-order valence-corrected chi connectivity index (χ3v) is 6.24. The van der Waals surface area contributed by atoms with Crippen molar-refractivity contribution in [1.82, 2.24) is 10.2 Å². The van der Waals surface area contributed by atoms with Gasteiger partial charge in [0.2, 0.25) is 0 Å². The molecule has 0 bridgehead atoms.